The number of rotatable bonds is 7. The summed E-state index contributed by atoms with van der Waals surface area (Å²) in [4.78, 5) is 21.7. The van der Waals surface area contributed by atoms with Crippen molar-refractivity contribution in [1.29, 1.82) is 0 Å². The second-order valence-corrected chi connectivity index (χ2v) is 8.20. The van der Waals surface area contributed by atoms with Crippen molar-refractivity contribution >= 4 is 42.8 Å². The second-order valence-electron chi connectivity index (χ2n) is 4.86. The standard InChI is InChI=1S/C12H16BrN3O6S/c1-4-5-14(8(2)13)12-10(15(17)18)6-9(23(3,21)22)7-11(12)16(19)20/h6-8H,4-5H2,1-3H3. The molecule has 23 heavy (non-hydrogen) atoms. The number of anilines is 1. The van der Waals surface area contributed by atoms with Gasteiger partial charge in [-0.3, -0.25) is 20.2 Å². The van der Waals surface area contributed by atoms with E-state index in [4.69, 9.17) is 0 Å². The first-order valence-corrected chi connectivity index (χ1v) is 9.39. The Hall–Kier alpha value is -1.75. The number of hydrogen-bond acceptors (Lipinski definition) is 7. The zero-order valence-electron chi connectivity index (χ0n) is 12.7. The Balaban J connectivity index is 3.85. The maximum Gasteiger partial charge on any atom is 0.301 e. The van der Waals surface area contributed by atoms with Crippen LogP contribution in [-0.4, -0.2) is 36.0 Å². The lowest BCUT2D eigenvalue weighted by Gasteiger charge is -2.26. The average Bonchev–Trinajstić information content (AvgIpc) is 2.41. The predicted molar refractivity (Wildman–Crippen MR) is 88.9 cm³/mol. The number of nitro groups is 2. The highest BCUT2D eigenvalue weighted by Gasteiger charge is 2.34. The molecular weight excluding hydrogens is 394 g/mol. The highest BCUT2D eigenvalue weighted by atomic mass is 79.9. The molecule has 0 saturated heterocycles. The molecule has 0 heterocycles. The van der Waals surface area contributed by atoms with Crippen molar-refractivity contribution in [2.45, 2.75) is 30.1 Å². The minimum absolute atomic E-state index is 0.210. The third kappa shape index (κ3) is 4.38. The minimum Gasteiger partial charge on any atom is -0.348 e. The van der Waals surface area contributed by atoms with Gasteiger partial charge < -0.3 is 4.90 Å². The maximum absolute atomic E-state index is 11.7. The largest absolute Gasteiger partial charge is 0.348 e. The van der Waals surface area contributed by atoms with Gasteiger partial charge in [0.05, 0.1) is 19.7 Å². The van der Waals surface area contributed by atoms with Gasteiger partial charge in [-0.1, -0.05) is 22.9 Å². The third-order valence-electron chi connectivity index (χ3n) is 3.05. The molecule has 128 valence electrons. The summed E-state index contributed by atoms with van der Waals surface area (Å²) in [5, 5.41) is 22.7. The summed E-state index contributed by atoms with van der Waals surface area (Å²) in [6.45, 7) is 3.82. The number of sulfone groups is 1. The van der Waals surface area contributed by atoms with Gasteiger partial charge in [0.2, 0.25) is 0 Å². The van der Waals surface area contributed by atoms with Crippen LogP contribution in [0.3, 0.4) is 0 Å². The lowest BCUT2D eigenvalue weighted by molar-refractivity contribution is -0.393. The summed E-state index contributed by atoms with van der Waals surface area (Å²) in [5.74, 6) is 0. The van der Waals surface area contributed by atoms with E-state index in [1.165, 1.54) is 4.90 Å². The molecule has 1 unspecified atom stereocenters. The van der Waals surface area contributed by atoms with E-state index >= 15 is 0 Å². The zero-order chi connectivity index (χ0) is 17.9. The van der Waals surface area contributed by atoms with E-state index in [2.05, 4.69) is 15.9 Å². The molecule has 11 heteroatoms. The van der Waals surface area contributed by atoms with Gasteiger partial charge in [0.25, 0.3) is 0 Å². The van der Waals surface area contributed by atoms with Crippen molar-refractivity contribution in [2.75, 3.05) is 17.7 Å². The number of hydrogen-bond donors (Lipinski definition) is 0. The van der Waals surface area contributed by atoms with E-state index in [1.54, 1.807) is 6.92 Å². The maximum atomic E-state index is 11.7. The third-order valence-corrected chi connectivity index (χ3v) is 4.63. The van der Waals surface area contributed by atoms with Crippen LogP contribution in [0.1, 0.15) is 20.3 Å². The summed E-state index contributed by atoms with van der Waals surface area (Å²) >= 11 is 3.27. The smallest absolute Gasteiger partial charge is 0.301 e. The van der Waals surface area contributed by atoms with Gasteiger partial charge in [-0.2, -0.15) is 0 Å². The summed E-state index contributed by atoms with van der Waals surface area (Å²) < 4.78 is 23.3. The summed E-state index contributed by atoms with van der Waals surface area (Å²) in [6.07, 6.45) is 1.43. The Kier molecular flexibility index (Phi) is 6.05. The number of alkyl halides is 1. The molecule has 0 spiro atoms. The zero-order valence-corrected chi connectivity index (χ0v) is 15.1. The van der Waals surface area contributed by atoms with Crippen LogP contribution < -0.4 is 4.90 Å². The van der Waals surface area contributed by atoms with Crippen LogP contribution in [0.2, 0.25) is 0 Å². The number of benzene rings is 1. The Morgan fingerprint density at radius 2 is 1.65 bits per heavy atom. The molecule has 1 aromatic rings. The van der Waals surface area contributed by atoms with E-state index in [1.807, 2.05) is 6.92 Å². The van der Waals surface area contributed by atoms with E-state index < -0.39 is 40.9 Å². The van der Waals surface area contributed by atoms with Gasteiger partial charge in [0.15, 0.2) is 15.5 Å². The Morgan fingerprint density at radius 3 is 1.91 bits per heavy atom. The molecule has 0 bridgehead atoms. The van der Waals surface area contributed by atoms with Crippen molar-refractivity contribution < 1.29 is 18.3 Å². The lowest BCUT2D eigenvalue weighted by atomic mass is 10.2. The van der Waals surface area contributed by atoms with Crippen molar-refractivity contribution in [3.8, 4) is 0 Å². The van der Waals surface area contributed by atoms with Crippen LogP contribution in [0, 0.1) is 20.2 Å². The highest BCUT2D eigenvalue weighted by Crippen LogP contribution is 2.41. The van der Waals surface area contributed by atoms with Crippen LogP contribution >= 0.6 is 15.9 Å². The molecule has 0 aliphatic rings. The lowest BCUT2D eigenvalue weighted by Crippen LogP contribution is -2.31. The molecule has 0 aromatic heterocycles. The summed E-state index contributed by atoms with van der Waals surface area (Å²) in [6, 6.07) is 1.71. The summed E-state index contributed by atoms with van der Waals surface area (Å²) in [5.41, 5.74) is -1.43. The van der Waals surface area contributed by atoms with Gasteiger partial charge in [-0.05, 0) is 13.3 Å². The molecule has 1 rings (SSSR count). The van der Waals surface area contributed by atoms with Crippen LogP contribution in [0.15, 0.2) is 17.0 Å². The normalized spacial score (nSPS) is 12.7. The van der Waals surface area contributed by atoms with Crippen molar-refractivity contribution in [3.63, 3.8) is 0 Å². The molecule has 0 saturated carbocycles. The van der Waals surface area contributed by atoms with Crippen molar-refractivity contribution in [2.24, 2.45) is 0 Å². The molecular formula is C12H16BrN3O6S. The molecule has 0 radical (unpaired) electrons. The molecule has 0 aliphatic carbocycles. The number of nitro benzene ring substituents is 2. The van der Waals surface area contributed by atoms with Crippen LogP contribution in [0.5, 0.6) is 0 Å². The molecule has 1 atom stereocenters. The fourth-order valence-electron chi connectivity index (χ4n) is 2.07. The monoisotopic (exact) mass is 409 g/mol. The Morgan fingerprint density at radius 1 is 1.22 bits per heavy atom. The summed E-state index contributed by atoms with van der Waals surface area (Å²) in [7, 11) is -3.83. The van der Waals surface area contributed by atoms with Gasteiger partial charge in [0.1, 0.15) is 0 Å². The highest BCUT2D eigenvalue weighted by molar-refractivity contribution is 9.09. The van der Waals surface area contributed by atoms with E-state index in [0.29, 0.717) is 13.0 Å². The van der Waals surface area contributed by atoms with Crippen LogP contribution in [0.25, 0.3) is 0 Å². The SMILES string of the molecule is CCCN(c1c([N+](=O)[O-])cc(S(C)(=O)=O)cc1[N+](=O)[O-])C(C)Br. The quantitative estimate of drug-likeness (QED) is 0.293. The fraction of sp³-hybridized carbons (Fsp3) is 0.500. The molecule has 1 aromatic carbocycles. The van der Waals surface area contributed by atoms with Gasteiger partial charge in [-0.25, -0.2) is 8.42 Å². The Bertz CT molecular complexity index is 699. The minimum atomic E-state index is -3.83. The van der Waals surface area contributed by atoms with Crippen LogP contribution in [0.4, 0.5) is 17.1 Å². The first-order chi connectivity index (χ1) is 10.5. The molecule has 9 nitrogen and oxygen atoms in total. The van der Waals surface area contributed by atoms with Crippen molar-refractivity contribution in [1.82, 2.24) is 0 Å². The first-order valence-electron chi connectivity index (χ1n) is 6.58. The molecule has 0 amide bonds. The average molecular weight is 410 g/mol. The number of nitrogens with zero attached hydrogens (tertiary/aromatic N) is 3. The Labute approximate surface area is 141 Å². The topological polar surface area (TPSA) is 124 Å². The van der Waals surface area contributed by atoms with Crippen LogP contribution in [-0.2, 0) is 9.84 Å². The molecule has 0 aliphatic heterocycles. The van der Waals surface area contributed by atoms with E-state index in [0.717, 1.165) is 18.4 Å². The van der Waals surface area contributed by atoms with E-state index in [9.17, 15) is 28.6 Å². The molecule has 0 fully saturated rings. The predicted octanol–water partition coefficient (Wildman–Crippen LogP) is 2.86. The second kappa shape index (κ2) is 7.21. The number of halogens is 1. The van der Waals surface area contributed by atoms with Gasteiger partial charge in [0, 0.05) is 24.9 Å². The first kappa shape index (κ1) is 19.3. The van der Waals surface area contributed by atoms with E-state index in [-0.39, 0.29) is 5.69 Å². The van der Waals surface area contributed by atoms with Crippen molar-refractivity contribution in [3.05, 3.63) is 32.4 Å². The molecule has 0 N–H and O–H groups in total. The van der Waals surface area contributed by atoms with Gasteiger partial charge in [-0.15, -0.1) is 0 Å². The fourth-order valence-corrected chi connectivity index (χ4v) is 3.14. The van der Waals surface area contributed by atoms with Gasteiger partial charge >= 0.3 is 11.4 Å².